The fourth-order valence-electron chi connectivity index (χ4n) is 4.69. The highest BCUT2D eigenvalue weighted by molar-refractivity contribution is 5.96. The summed E-state index contributed by atoms with van der Waals surface area (Å²) < 4.78 is 21.1. The standard InChI is InChI=1S/C25H25FN4O3/c26-20-6-8-21(9-7-20)30-17-25(33-24(30)32)10-3-13-29(14-11-25)23(31)22-5-2-1-4-19(22)16-28-15-12-27-18-28/h1-2,4-9,12,15,18H,3,10-11,13-14,16-17H2. The van der Waals surface area contributed by atoms with Gasteiger partial charge in [-0.05, 0) is 48.7 Å². The number of aromatic nitrogens is 2. The summed E-state index contributed by atoms with van der Waals surface area (Å²) in [5.41, 5.74) is 1.59. The molecular weight excluding hydrogens is 423 g/mol. The average molecular weight is 448 g/mol. The quantitative estimate of drug-likeness (QED) is 0.603. The largest absolute Gasteiger partial charge is 0.441 e. The first-order valence-electron chi connectivity index (χ1n) is 11.1. The van der Waals surface area contributed by atoms with Gasteiger partial charge >= 0.3 is 6.09 Å². The summed E-state index contributed by atoms with van der Waals surface area (Å²) in [6.07, 6.45) is 6.88. The van der Waals surface area contributed by atoms with Gasteiger partial charge in [0.2, 0.25) is 0 Å². The Bertz CT molecular complexity index is 1150. The number of nitrogens with zero attached hydrogens (tertiary/aromatic N) is 4. The van der Waals surface area contributed by atoms with Crippen molar-refractivity contribution in [2.45, 2.75) is 31.4 Å². The van der Waals surface area contributed by atoms with E-state index in [2.05, 4.69) is 4.98 Å². The van der Waals surface area contributed by atoms with Crippen molar-refractivity contribution in [3.8, 4) is 0 Å². The second-order valence-electron chi connectivity index (χ2n) is 8.65. The third kappa shape index (κ3) is 4.33. The van der Waals surface area contributed by atoms with Crippen LogP contribution < -0.4 is 4.90 Å². The molecule has 0 saturated carbocycles. The van der Waals surface area contributed by atoms with Crippen LogP contribution in [0.2, 0.25) is 0 Å². The number of rotatable bonds is 4. The fraction of sp³-hybridized carbons (Fsp3) is 0.320. The van der Waals surface area contributed by atoms with Crippen LogP contribution in [0, 0.1) is 5.82 Å². The number of carbonyl (C=O) groups excluding carboxylic acids is 2. The number of amides is 2. The van der Waals surface area contributed by atoms with E-state index in [4.69, 9.17) is 4.74 Å². The molecule has 1 spiro atoms. The molecule has 5 rings (SSSR count). The summed E-state index contributed by atoms with van der Waals surface area (Å²) in [5.74, 6) is -0.361. The molecule has 170 valence electrons. The molecular formula is C25H25FN4O3. The Hall–Kier alpha value is -3.68. The predicted molar refractivity (Wildman–Crippen MR) is 120 cm³/mol. The van der Waals surface area contributed by atoms with Crippen molar-refractivity contribution in [2.75, 3.05) is 24.5 Å². The fourth-order valence-corrected chi connectivity index (χ4v) is 4.69. The Labute approximate surface area is 191 Å². The summed E-state index contributed by atoms with van der Waals surface area (Å²) in [6.45, 7) is 2.08. The number of imidazole rings is 1. The van der Waals surface area contributed by atoms with E-state index < -0.39 is 11.7 Å². The van der Waals surface area contributed by atoms with Gasteiger partial charge in [0.25, 0.3) is 5.91 Å². The summed E-state index contributed by atoms with van der Waals surface area (Å²) in [4.78, 5) is 33.5. The monoisotopic (exact) mass is 448 g/mol. The molecule has 0 radical (unpaired) electrons. The highest BCUT2D eigenvalue weighted by Gasteiger charge is 2.46. The molecule has 0 bridgehead atoms. The third-order valence-electron chi connectivity index (χ3n) is 6.45. The summed E-state index contributed by atoms with van der Waals surface area (Å²) >= 11 is 0. The lowest BCUT2D eigenvalue weighted by Crippen LogP contribution is -2.37. The van der Waals surface area contributed by atoms with Crippen LogP contribution in [0.1, 0.15) is 35.2 Å². The van der Waals surface area contributed by atoms with Crippen molar-refractivity contribution in [2.24, 2.45) is 0 Å². The molecule has 2 aliphatic rings. The number of hydrogen-bond acceptors (Lipinski definition) is 4. The minimum absolute atomic E-state index is 0.0116. The minimum atomic E-state index is -0.642. The maximum absolute atomic E-state index is 13.4. The Balaban J connectivity index is 1.30. The van der Waals surface area contributed by atoms with Crippen LogP contribution in [0.3, 0.4) is 0 Å². The number of carbonyl (C=O) groups is 2. The second-order valence-corrected chi connectivity index (χ2v) is 8.65. The zero-order valence-corrected chi connectivity index (χ0v) is 18.2. The van der Waals surface area contributed by atoms with Gasteiger partial charge in [-0.25, -0.2) is 14.2 Å². The van der Waals surface area contributed by atoms with Crippen LogP contribution in [-0.4, -0.2) is 51.7 Å². The third-order valence-corrected chi connectivity index (χ3v) is 6.45. The SMILES string of the molecule is O=C(c1ccccc1Cn1ccnc1)N1CCCC2(CC1)CN(c1ccc(F)cc1)C(=O)O2. The summed E-state index contributed by atoms with van der Waals surface area (Å²) in [5, 5.41) is 0. The molecule has 0 N–H and O–H groups in total. The number of likely N-dealkylation sites (tertiary alicyclic amines) is 1. The molecule has 2 aromatic carbocycles. The van der Waals surface area contributed by atoms with Gasteiger partial charge in [-0.1, -0.05) is 18.2 Å². The molecule has 7 nitrogen and oxygen atoms in total. The van der Waals surface area contributed by atoms with Crippen LogP contribution >= 0.6 is 0 Å². The molecule has 2 amide bonds. The first kappa shape index (κ1) is 21.2. The van der Waals surface area contributed by atoms with Crippen LogP contribution in [0.15, 0.2) is 67.3 Å². The number of halogens is 1. The molecule has 2 saturated heterocycles. The molecule has 2 fully saturated rings. The van der Waals surface area contributed by atoms with E-state index in [0.717, 1.165) is 12.0 Å². The number of benzene rings is 2. The first-order valence-corrected chi connectivity index (χ1v) is 11.1. The first-order chi connectivity index (χ1) is 16.0. The molecule has 1 atom stereocenters. The van der Waals surface area contributed by atoms with Crippen molar-refractivity contribution in [3.63, 3.8) is 0 Å². The van der Waals surface area contributed by atoms with Gasteiger partial charge in [-0.3, -0.25) is 9.69 Å². The highest BCUT2D eigenvalue weighted by atomic mass is 19.1. The van der Waals surface area contributed by atoms with Gasteiger partial charge < -0.3 is 14.2 Å². The van der Waals surface area contributed by atoms with Gasteiger partial charge in [-0.2, -0.15) is 0 Å². The van der Waals surface area contributed by atoms with Crippen molar-refractivity contribution < 1.29 is 18.7 Å². The zero-order valence-electron chi connectivity index (χ0n) is 18.2. The molecule has 2 aliphatic heterocycles. The topological polar surface area (TPSA) is 67.7 Å². The molecule has 0 aliphatic carbocycles. The van der Waals surface area contributed by atoms with Gasteiger partial charge in [0.05, 0.1) is 12.9 Å². The number of ether oxygens (including phenoxy) is 1. The smallest absolute Gasteiger partial charge is 0.415 e. The van der Waals surface area contributed by atoms with E-state index >= 15 is 0 Å². The summed E-state index contributed by atoms with van der Waals surface area (Å²) in [7, 11) is 0. The maximum Gasteiger partial charge on any atom is 0.415 e. The van der Waals surface area contributed by atoms with Crippen LogP contribution in [0.4, 0.5) is 14.9 Å². The molecule has 8 heteroatoms. The Morgan fingerprint density at radius 1 is 1.09 bits per heavy atom. The molecule has 3 aromatic rings. The lowest BCUT2D eigenvalue weighted by Gasteiger charge is -2.26. The van der Waals surface area contributed by atoms with Crippen LogP contribution in [0.5, 0.6) is 0 Å². The van der Waals surface area contributed by atoms with Crippen molar-refractivity contribution in [1.82, 2.24) is 14.5 Å². The van der Waals surface area contributed by atoms with E-state index in [-0.39, 0.29) is 11.7 Å². The van der Waals surface area contributed by atoms with Gasteiger partial charge in [0.15, 0.2) is 0 Å². The Kier molecular flexibility index (Phi) is 5.58. The Morgan fingerprint density at radius 2 is 1.91 bits per heavy atom. The number of anilines is 1. The van der Waals surface area contributed by atoms with Crippen molar-refractivity contribution in [3.05, 3.63) is 84.2 Å². The van der Waals surface area contributed by atoms with E-state index in [1.165, 1.54) is 12.1 Å². The molecule has 1 unspecified atom stereocenters. The van der Waals surface area contributed by atoms with Crippen LogP contribution in [0.25, 0.3) is 0 Å². The van der Waals surface area contributed by atoms with Crippen molar-refractivity contribution in [1.29, 1.82) is 0 Å². The maximum atomic E-state index is 13.4. The number of hydrogen-bond donors (Lipinski definition) is 0. The zero-order chi connectivity index (χ0) is 22.8. The lowest BCUT2D eigenvalue weighted by molar-refractivity contribution is 0.0438. The van der Waals surface area contributed by atoms with E-state index in [9.17, 15) is 14.0 Å². The van der Waals surface area contributed by atoms with E-state index in [1.54, 1.807) is 29.6 Å². The summed E-state index contributed by atoms with van der Waals surface area (Å²) in [6, 6.07) is 13.5. The van der Waals surface area contributed by atoms with E-state index in [0.29, 0.717) is 50.3 Å². The predicted octanol–water partition coefficient (Wildman–Crippen LogP) is 4.09. The van der Waals surface area contributed by atoms with Crippen LogP contribution in [-0.2, 0) is 11.3 Å². The Morgan fingerprint density at radius 3 is 2.70 bits per heavy atom. The molecule has 33 heavy (non-hydrogen) atoms. The van der Waals surface area contributed by atoms with Gasteiger partial charge in [0, 0.05) is 49.7 Å². The lowest BCUT2D eigenvalue weighted by atomic mass is 9.95. The minimum Gasteiger partial charge on any atom is -0.441 e. The molecule has 3 heterocycles. The molecule has 1 aromatic heterocycles. The van der Waals surface area contributed by atoms with Gasteiger partial charge in [0.1, 0.15) is 11.4 Å². The normalized spacial score (nSPS) is 20.7. The van der Waals surface area contributed by atoms with E-state index in [1.807, 2.05) is 39.9 Å². The van der Waals surface area contributed by atoms with Crippen molar-refractivity contribution >= 4 is 17.7 Å². The second kappa shape index (κ2) is 8.69. The van der Waals surface area contributed by atoms with Gasteiger partial charge in [-0.15, -0.1) is 0 Å². The highest BCUT2D eigenvalue weighted by Crippen LogP contribution is 2.36. The average Bonchev–Trinajstić information content (AvgIpc) is 3.38.